The van der Waals surface area contributed by atoms with Crippen molar-refractivity contribution in [3.8, 4) is 17.2 Å². The van der Waals surface area contributed by atoms with Crippen molar-refractivity contribution in [2.45, 2.75) is 12.5 Å². The maximum Gasteiger partial charge on any atom is 0.415 e. The van der Waals surface area contributed by atoms with Crippen LogP contribution >= 0.6 is 0 Å². The maximum atomic E-state index is 12.0. The number of nitrogens with zero attached hydrogens (tertiary/aromatic N) is 1. The average molecular weight is 313 g/mol. The van der Waals surface area contributed by atoms with Crippen LogP contribution in [0.3, 0.4) is 0 Å². The Balaban J connectivity index is 1.58. The molecule has 1 saturated heterocycles. The lowest BCUT2D eigenvalue weighted by Gasteiger charge is -2.15. The van der Waals surface area contributed by atoms with Crippen molar-refractivity contribution in [2.75, 3.05) is 18.8 Å². The molecule has 0 aromatic heterocycles. The summed E-state index contributed by atoms with van der Waals surface area (Å²) in [6, 6.07) is 14.0. The van der Waals surface area contributed by atoms with Crippen LogP contribution in [0.1, 0.15) is 6.42 Å². The summed E-state index contributed by atoms with van der Waals surface area (Å²) in [5, 5.41) is 0. The van der Waals surface area contributed by atoms with E-state index in [2.05, 4.69) is 0 Å². The molecule has 6 heteroatoms. The molecule has 1 heterocycles. The van der Waals surface area contributed by atoms with Gasteiger partial charge in [-0.2, -0.15) is 0 Å². The van der Waals surface area contributed by atoms with Gasteiger partial charge in [0, 0.05) is 24.8 Å². The third kappa shape index (κ3) is 3.92. The van der Waals surface area contributed by atoms with Gasteiger partial charge in [-0.05, 0) is 55.0 Å². The molecule has 2 aromatic carbocycles. The normalized spacial score (nSPS) is 17.1. The molecule has 1 amide bonds. The first-order valence-electron chi connectivity index (χ1n) is 7.46. The van der Waals surface area contributed by atoms with Gasteiger partial charge in [0.1, 0.15) is 17.2 Å². The first-order chi connectivity index (χ1) is 11.1. The van der Waals surface area contributed by atoms with Crippen LogP contribution in [-0.2, 0) is 0 Å². The lowest BCUT2D eigenvalue weighted by atomic mass is 10.3. The molecule has 0 radical (unpaired) electrons. The monoisotopic (exact) mass is 313 g/mol. The second kappa shape index (κ2) is 6.58. The fourth-order valence-corrected chi connectivity index (χ4v) is 2.37. The average Bonchev–Trinajstić information content (AvgIpc) is 2.98. The zero-order valence-corrected chi connectivity index (χ0v) is 12.6. The Labute approximate surface area is 134 Å². The number of rotatable bonds is 3. The number of nitrogens with two attached hydrogens (primary N) is 2. The maximum absolute atomic E-state index is 12.0. The second-order valence-electron chi connectivity index (χ2n) is 5.51. The Morgan fingerprint density at radius 2 is 1.57 bits per heavy atom. The van der Waals surface area contributed by atoms with Crippen molar-refractivity contribution in [1.82, 2.24) is 4.90 Å². The van der Waals surface area contributed by atoms with Crippen LogP contribution in [0, 0.1) is 0 Å². The van der Waals surface area contributed by atoms with E-state index in [1.807, 2.05) is 0 Å². The highest BCUT2D eigenvalue weighted by Gasteiger charge is 2.25. The Morgan fingerprint density at radius 3 is 2.13 bits per heavy atom. The molecular formula is C17H19N3O3. The molecule has 1 aliphatic rings. The van der Waals surface area contributed by atoms with E-state index in [4.69, 9.17) is 20.9 Å². The van der Waals surface area contributed by atoms with Crippen molar-refractivity contribution >= 4 is 11.8 Å². The van der Waals surface area contributed by atoms with Crippen LogP contribution in [0.4, 0.5) is 10.5 Å². The first-order valence-corrected chi connectivity index (χ1v) is 7.46. The van der Waals surface area contributed by atoms with E-state index < -0.39 is 0 Å². The number of carbonyl (C=O) groups is 1. The minimum absolute atomic E-state index is 0.0400. The van der Waals surface area contributed by atoms with E-state index in [1.165, 1.54) is 0 Å². The van der Waals surface area contributed by atoms with Gasteiger partial charge >= 0.3 is 6.09 Å². The summed E-state index contributed by atoms with van der Waals surface area (Å²) in [6.07, 6.45) is 0.439. The largest absolute Gasteiger partial charge is 0.457 e. The number of likely N-dealkylation sites (tertiary alicyclic amines) is 1. The van der Waals surface area contributed by atoms with Gasteiger partial charge in [-0.15, -0.1) is 0 Å². The predicted octanol–water partition coefficient (Wildman–Crippen LogP) is 2.59. The minimum atomic E-state index is -0.370. The molecule has 23 heavy (non-hydrogen) atoms. The van der Waals surface area contributed by atoms with Crippen LogP contribution in [0.25, 0.3) is 0 Å². The van der Waals surface area contributed by atoms with Gasteiger partial charge in [-0.3, -0.25) is 0 Å². The van der Waals surface area contributed by atoms with Crippen LogP contribution in [0.5, 0.6) is 17.2 Å². The molecule has 4 N–H and O–H groups in total. The zero-order valence-electron chi connectivity index (χ0n) is 12.6. The van der Waals surface area contributed by atoms with Gasteiger partial charge in [0.15, 0.2) is 0 Å². The standard InChI is InChI=1S/C17H19N3O3/c18-12-1-3-14(4-2-12)22-15-5-7-16(8-6-15)23-17(21)20-10-9-13(19)11-20/h1-8,13H,9-11,18-19H2/t13-/m1/s1. The summed E-state index contributed by atoms with van der Waals surface area (Å²) in [7, 11) is 0. The number of amides is 1. The molecule has 1 fully saturated rings. The lowest BCUT2D eigenvalue weighted by molar-refractivity contribution is 0.162. The van der Waals surface area contributed by atoms with E-state index in [0.29, 0.717) is 36.0 Å². The van der Waals surface area contributed by atoms with Gasteiger partial charge < -0.3 is 25.8 Å². The summed E-state index contributed by atoms with van der Waals surface area (Å²) in [6.45, 7) is 1.18. The summed E-state index contributed by atoms with van der Waals surface area (Å²) in [5.41, 5.74) is 12.1. The highest BCUT2D eigenvalue weighted by molar-refractivity contribution is 5.71. The molecule has 0 spiro atoms. The number of hydrogen-bond acceptors (Lipinski definition) is 5. The molecular weight excluding hydrogens is 294 g/mol. The molecule has 0 aliphatic carbocycles. The van der Waals surface area contributed by atoms with Crippen molar-refractivity contribution in [3.63, 3.8) is 0 Å². The molecule has 0 unspecified atom stereocenters. The quantitative estimate of drug-likeness (QED) is 0.850. The van der Waals surface area contributed by atoms with Gasteiger partial charge in [-0.25, -0.2) is 4.79 Å². The number of benzene rings is 2. The van der Waals surface area contributed by atoms with Crippen molar-refractivity contribution in [3.05, 3.63) is 48.5 Å². The van der Waals surface area contributed by atoms with Gasteiger partial charge in [0.25, 0.3) is 0 Å². The van der Waals surface area contributed by atoms with E-state index >= 15 is 0 Å². The summed E-state index contributed by atoms with van der Waals surface area (Å²) in [4.78, 5) is 13.6. The number of nitrogen functional groups attached to an aromatic ring is 1. The molecule has 0 saturated carbocycles. The SMILES string of the molecule is Nc1ccc(Oc2ccc(OC(=O)N3CC[C@@H](N)C3)cc2)cc1. The molecule has 3 rings (SSSR count). The van der Waals surface area contributed by atoms with Crippen LogP contribution in [-0.4, -0.2) is 30.1 Å². The van der Waals surface area contributed by atoms with E-state index in [-0.39, 0.29) is 12.1 Å². The van der Waals surface area contributed by atoms with Crippen molar-refractivity contribution in [1.29, 1.82) is 0 Å². The van der Waals surface area contributed by atoms with Crippen LogP contribution in [0.2, 0.25) is 0 Å². The van der Waals surface area contributed by atoms with E-state index in [1.54, 1.807) is 53.4 Å². The highest BCUT2D eigenvalue weighted by Crippen LogP contribution is 2.25. The summed E-state index contributed by atoms with van der Waals surface area (Å²) < 4.78 is 11.0. The van der Waals surface area contributed by atoms with E-state index in [0.717, 1.165) is 6.42 Å². The third-order valence-corrected chi connectivity index (χ3v) is 3.63. The van der Waals surface area contributed by atoms with E-state index in [9.17, 15) is 4.79 Å². The summed E-state index contributed by atoms with van der Waals surface area (Å²) >= 11 is 0. The van der Waals surface area contributed by atoms with Gasteiger partial charge in [0.05, 0.1) is 0 Å². The van der Waals surface area contributed by atoms with Crippen molar-refractivity contribution < 1.29 is 14.3 Å². The highest BCUT2D eigenvalue weighted by atomic mass is 16.6. The zero-order chi connectivity index (χ0) is 16.2. The molecule has 1 atom stereocenters. The summed E-state index contributed by atoms with van der Waals surface area (Å²) in [5.74, 6) is 1.81. The Bertz CT molecular complexity index is 670. The number of ether oxygens (including phenoxy) is 2. The molecule has 6 nitrogen and oxygen atoms in total. The van der Waals surface area contributed by atoms with Crippen molar-refractivity contribution in [2.24, 2.45) is 5.73 Å². The van der Waals surface area contributed by atoms with Crippen LogP contribution < -0.4 is 20.9 Å². The number of anilines is 1. The number of carbonyl (C=O) groups excluding carboxylic acids is 1. The fraction of sp³-hybridized carbons (Fsp3) is 0.235. The molecule has 0 bridgehead atoms. The second-order valence-corrected chi connectivity index (χ2v) is 5.51. The topological polar surface area (TPSA) is 90.8 Å². The Morgan fingerprint density at radius 1 is 1.00 bits per heavy atom. The van der Waals surface area contributed by atoms with Gasteiger partial charge in [-0.1, -0.05) is 0 Å². The van der Waals surface area contributed by atoms with Gasteiger partial charge in [0.2, 0.25) is 0 Å². The fourth-order valence-electron chi connectivity index (χ4n) is 2.37. The Hall–Kier alpha value is -2.73. The molecule has 2 aromatic rings. The third-order valence-electron chi connectivity index (χ3n) is 3.63. The smallest absolute Gasteiger partial charge is 0.415 e. The Kier molecular flexibility index (Phi) is 4.34. The minimum Gasteiger partial charge on any atom is -0.457 e. The molecule has 1 aliphatic heterocycles. The number of hydrogen-bond donors (Lipinski definition) is 2. The lowest BCUT2D eigenvalue weighted by Crippen LogP contribution is -2.33. The van der Waals surface area contributed by atoms with Crippen LogP contribution in [0.15, 0.2) is 48.5 Å². The predicted molar refractivity (Wildman–Crippen MR) is 87.6 cm³/mol. The molecule has 120 valence electrons. The first kappa shape index (κ1) is 15.2.